The first kappa shape index (κ1) is 46.9. The van der Waals surface area contributed by atoms with Crippen LogP contribution in [0.2, 0.25) is 0 Å². The van der Waals surface area contributed by atoms with Crippen molar-refractivity contribution in [3.63, 3.8) is 0 Å². The number of rotatable bonds is 6. The van der Waals surface area contributed by atoms with E-state index in [0.717, 1.165) is 112 Å². The second-order valence-electron chi connectivity index (χ2n) is 23.7. The first-order valence-corrected chi connectivity index (χ1v) is 27.7. The van der Waals surface area contributed by atoms with Crippen molar-refractivity contribution in [2.24, 2.45) is 0 Å². The molecule has 0 fully saturated rings. The number of benzene rings is 11. The van der Waals surface area contributed by atoms with Crippen LogP contribution in [-0.4, -0.2) is 11.3 Å². The molecule has 0 amide bonds. The fourth-order valence-electron chi connectivity index (χ4n) is 12.7. The Balaban J connectivity index is 1.09. The molecule has 0 saturated carbocycles. The maximum absolute atomic E-state index is 7.34. The van der Waals surface area contributed by atoms with Gasteiger partial charge in [-0.1, -0.05) is 205 Å². The Morgan fingerprint density at radius 1 is 0.354 bits per heavy atom. The number of furan rings is 1. The van der Waals surface area contributed by atoms with E-state index in [1.807, 2.05) is 6.07 Å². The van der Waals surface area contributed by atoms with Gasteiger partial charge >= 0.3 is 0 Å². The Morgan fingerprint density at radius 3 is 1.57 bits per heavy atom. The van der Waals surface area contributed by atoms with E-state index in [1.165, 1.54) is 38.5 Å². The Labute approximate surface area is 461 Å². The zero-order chi connectivity index (χ0) is 53.3. The van der Waals surface area contributed by atoms with E-state index in [-0.39, 0.29) is 17.5 Å². The monoisotopic (exact) mass is 1020 g/mol. The molecule has 4 nitrogen and oxygen atoms in total. The molecule has 0 spiro atoms. The summed E-state index contributed by atoms with van der Waals surface area (Å²) in [6, 6.07) is 87.3. The number of anilines is 3. The number of nitrogens with zero attached hydrogens (tertiary/aromatic N) is 2. The highest BCUT2D eigenvalue weighted by Crippen LogP contribution is 2.51. The summed E-state index contributed by atoms with van der Waals surface area (Å²) >= 11 is 0. The van der Waals surface area contributed by atoms with Crippen LogP contribution < -0.4 is 26.0 Å². The maximum atomic E-state index is 7.34. The summed E-state index contributed by atoms with van der Waals surface area (Å²) in [6.45, 7) is 13.7. The SMILES string of the molecule is CC(C)(C)c1ccc2c(c1)c1cc(C(C)(C)C)ccc1n2-c1cccc(-c2ccc3oc4ccccc4c3c2)c1N1c2ccc(-c3ccccc3)cc2B2c3cc(-c4ccccc4)ccc3Oc3cc(-c4ccccc4)cc1c32. The molecule has 15 rings (SSSR count). The topological polar surface area (TPSA) is 30.5 Å². The average Bonchev–Trinajstić information content (AvgIpc) is 3.46. The van der Waals surface area contributed by atoms with E-state index in [9.17, 15) is 0 Å². The molecule has 0 bridgehead atoms. The van der Waals surface area contributed by atoms with E-state index in [2.05, 4.69) is 282 Å². The third-order valence-electron chi connectivity index (χ3n) is 16.8. The van der Waals surface area contributed by atoms with Gasteiger partial charge in [0, 0.05) is 38.5 Å². The number of aromatic nitrogens is 1. The molecule has 0 saturated heterocycles. The second-order valence-corrected chi connectivity index (χ2v) is 23.7. The van der Waals surface area contributed by atoms with Crippen LogP contribution in [0.4, 0.5) is 17.1 Å². The number of hydrogen-bond acceptors (Lipinski definition) is 3. The van der Waals surface area contributed by atoms with Gasteiger partial charge in [-0.15, -0.1) is 0 Å². The molecule has 2 aromatic heterocycles. The van der Waals surface area contributed by atoms with Crippen molar-refractivity contribution in [1.82, 2.24) is 4.57 Å². The Morgan fingerprint density at radius 2 is 0.924 bits per heavy atom. The van der Waals surface area contributed by atoms with Gasteiger partial charge in [-0.2, -0.15) is 0 Å². The number of hydrogen-bond donors (Lipinski definition) is 0. The van der Waals surface area contributed by atoms with Gasteiger partial charge in [0.25, 0.3) is 6.71 Å². The lowest BCUT2D eigenvalue weighted by Crippen LogP contribution is -2.59. The van der Waals surface area contributed by atoms with Crippen LogP contribution in [0.1, 0.15) is 52.7 Å². The first-order chi connectivity index (χ1) is 38.4. The number of fused-ring (bicyclic) bond motifs is 10. The van der Waals surface area contributed by atoms with Crippen LogP contribution >= 0.6 is 0 Å². The quantitative estimate of drug-likeness (QED) is 0.156. The molecular formula is C74H57BN2O2. The minimum Gasteiger partial charge on any atom is -0.458 e. The standard InChI is InChI=1S/C74H57BN2O2/c1-73(2,3)53-32-35-62-57(44-53)58-45-54(74(4,5)6)33-36-63(58)76(62)65-27-18-26-55(51-31-37-68-59(39-51)56-25-16-17-28-67(56)78-68)72(65)77-64-34-29-49(46-19-10-7-11-20-46)40-60(64)75-61-41-50(47-21-12-8-13-22-47)30-38-69(61)79-70-43-52(42-66(77)71(70)75)48-23-14-9-15-24-48/h7-45H,1-6H3. The summed E-state index contributed by atoms with van der Waals surface area (Å²) in [5.41, 5.74) is 23.4. The van der Waals surface area contributed by atoms with Crippen LogP contribution in [0.3, 0.4) is 0 Å². The third-order valence-corrected chi connectivity index (χ3v) is 16.8. The fraction of sp³-hybridized carbons (Fsp3) is 0.108. The van der Waals surface area contributed by atoms with Crippen LogP contribution in [0.15, 0.2) is 241 Å². The summed E-state index contributed by atoms with van der Waals surface area (Å²) in [6.07, 6.45) is 0. The van der Waals surface area contributed by atoms with E-state index in [0.29, 0.717) is 0 Å². The van der Waals surface area contributed by atoms with E-state index in [1.54, 1.807) is 0 Å². The molecule has 4 heterocycles. The van der Waals surface area contributed by atoms with Gasteiger partial charge in [0.05, 0.1) is 22.4 Å². The zero-order valence-electron chi connectivity index (χ0n) is 45.3. The lowest BCUT2D eigenvalue weighted by atomic mass is 9.34. The van der Waals surface area contributed by atoms with E-state index < -0.39 is 0 Å². The summed E-state index contributed by atoms with van der Waals surface area (Å²) in [7, 11) is 0. The predicted molar refractivity (Wildman–Crippen MR) is 333 cm³/mol. The van der Waals surface area contributed by atoms with Crippen LogP contribution in [0.25, 0.3) is 93.9 Å². The molecule has 0 N–H and O–H groups in total. The molecule has 0 aliphatic carbocycles. The van der Waals surface area contributed by atoms with Gasteiger partial charge in [-0.25, -0.2) is 0 Å². The van der Waals surface area contributed by atoms with E-state index >= 15 is 0 Å². The van der Waals surface area contributed by atoms with Gasteiger partial charge < -0.3 is 18.6 Å². The lowest BCUT2D eigenvalue weighted by molar-refractivity contribution is 0.488. The zero-order valence-corrected chi connectivity index (χ0v) is 45.3. The highest BCUT2D eigenvalue weighted by Gasteiger charge is 2.44. The third kappa shape index (κ3) is 7.58. The molecule has 378 valence electrons. The van der Waals surface area contributed by atoms with Crippen LogP contribution in [0, 0.1) is 0 Å². The molecule has 13 aromatic rings. The molecule has 2 aliphatic rings. The molecule has 0 radical (unpaired) electrons. The maximum Gasteiger partial charge on any atom is 0.256 e. The molecule has 2 aliphatic heterocycles. The fourth-order valence-corrected chi connectivity index (χ4v) is 12.7. The molecule has 0 atom stereocenters. The lowest BCUT2D eigenvalue weighted by Gasteiger charge is -2.42. The largest absolute Gasteiger partial charge is 0.458 e. The van der Waals surface area contributed by atoms with Gasteiger partial charge in [-0.3, -0.25) is 0 Å². The Kier molecular flexibility index (Phi) is 10.5. The van der Waals surface area contributed by atoms with Gasteiger partial charge in [0.2, 0.25) is 0 Å². The second kappa shape index (κ2) is 17.6. The van der Waals surface area contributed by atoms with Crippen molar-refractivity contribution >= 4 is 83.9 Å². The summed E-state index contributed by atoms with van der Waals surface area (Å²) in [4.78, 5) is 2.59. The summed E-state index contributed by atoms with van der Waals surface area (Å²) in [5.74, 6) is 1.72. The Hall–Kier alpha value is -9.32. The Bertz CT molecular complexity index is 4520. The van der Waals surface area contributed by atoms with Crippen molar-refractivity contribution in [3.05, 3.63) is 248 Å². The highest BCUT2D eigenvalue weighted by molar-refractivity contribution is 6.99. The summed E-state index contributed by atoms with van der Waals surface area (Å²) in [5, 5.41) is 4.66. The van der Waals surface area contributed by atoms with Crippen molar-refractivity contribution in [2.75, 3.05) is 4.90 Å². The highest BCUT2D eigenvalue weighted by atomic mass is 16.5. The van der Waals surface area contributed by atoms with Crippen LogP contribution in [-0.2, 0) is 10.8 Å². The molecule has 5 heteroatoms. The van der Waals surface area contributed by atoms with E-state index in [4.69, 9.17) is 9.15 Å². The van der Waals surface area contributed by atoms with Crippen molar-refractivity contribution in [2.45, 2.75) is 52.4 Å². The predicted octanol–water partition coefficient (Wildman–Crippen LogP) is 18.4. The van der Waals surface area contributed by atoms with Crippen molar-refractivity contribution in [1.29, 1.82) is 0 Å². The number of ether oxygens (including phenoxy) is 1. The summed E-state index contributed by atoms with van der Waals surface area (Å²) < 4.78 is 16.4. The van der Waals surface area contributed by atoms with Crippen LogP contribution in [0.5, 0.6) is 11.5 Å². The minimum atomic E-state index is -0.165. The molecule has 79 heavy (non-hydrogen) atoms. The minimum absolute atomic E-state index is 0.0523. The molecule has 11 aromatic carbocycles. The van der Waals surface area contributed by atoms with Gasteiger partial charge in [-0.05, 0) is 150 Å². The van der Waals surface area contributed by atoms with Gasteiger partial charge in [0.1, 0.15) is 22.7 Å². The molecular weight excluding hydrogens is 960 g/mol. The average molecular weight is 1020 g/mol. The smallest absolute Gasteiger partial charge is 0.256 e. The number of para-hydroxylation sites is 2. The normalized spacial score (nSPS) is 13.0. The van der Waals surface area contributed by atoms with Crippen molar-refractivity contribution in [3.8, 4) is 61.7 Å². The first-order valence-electron chi connectivity index (χ1n) is 27.7. The molecule has 0 unspecified atom stereocenters. The van der Waals surface area contributed by atoms with Crippen molar-refractivity contribution < 1.29 is 9.15 Å². The van der Waals surface area contributed by atoms with Gasteiger partial charge in [0.15, 0.2) is 0 Å².